The monoisotopic (exact) mass is 430 g/mol. The van der Waals surface area contributed by atoms with Crippen molar-refractivity contribution >= 4 is 23.2 Å². The van der Waals surface area contributed by atoms with Crippen LogP contribution in [-0.4, -0.2) is 47.3 Å². The topological polar surface area (TPSA) is 111 Å². The van der Waals surface area contributed by atoms with E-state index in [0.29, 0.717) is 36.9 Å². The second kappa shape index (κ2) is 9.47. The number of ether oxygens (including phenoxy) is 1. The van der Waals surface area contributed by atoms with Crippen molar-refractivity contribution in [3.8, 4) is 11.3 Å². The maximum Gasteiger partial charge on any atom is 0.126 e. The second-order valence-electron chi connectivity index (χ2n) is 8.54. The van der Waals surface area contributed by atoms with E-state index < -0.39 is 0 Å². The summed E-state index contributed by atoms with van der Waals surface area (Å²) in [7, 11) is 0. The number of hydrogen-bond acceptors (Lipinski definition) is 7. The Morgan fingerprint density at radius 2 is 1.90 bits per heavy atom. The second-order valence-corrected chi connectivity index (χ2v) is 8.95. The third kappa shape index (κ3) is 5.40. The van der Waals surface area contributed by atoms with Gasteiger partial charge in [-0.25, -0.2) is 9.97 Å². The predicted molar refractivity (Wildman–Crippen MR) is 122 cm³/mol. The summed E-state index contributed by atoms with van der Waals surface area (Å²) < 4.78 is 5.42. The minimum atomic E-state index is -0.260. The Balaban J connectivity index is 1.46. The van der Waals surface area contributed by atoms with Crippen molar-refractivity contribution < 1.29 is 4.74 Å². The Morgan fingerprint density at radius 3 is 2.67 bits per heavy atom. The summed E-state index contributed by atoms with van der Waals surface area (Å²) in [5.41, 5.74) is 13.9. The van der Waals surface area contributed by atoms with Crippen LogP contribution in [0.4, 0.5) is 11.6 Å². The van der Waals surface area contributed by atoms with Gasteiger partial charge in [0, 0.05) is 49.1 Å². The van der Waals surface area contributed by atoms with Crippen LogP contribution in [0.15, 0.2) is 30.5 Å². The number of halogens is 1. The predicted octanol–water partition coefficient (Wildman–Crippen LogP) is 3.40. The zero-order valence-electron chi connectivity index (χ0n) is 17.2. The third-order valence-electron chi connectivity index (χ3n) is 6.11. The lowest BCUT2D eigenvalue weighted by Gasteiger charge is -2.33. The maximum atomic E-state index is 6.48. The summed E-state index contributed by atoms with van der Waals surface area (Å²) in [5.74, 6) is 1.60. The summed E-state index contributed by atoms with van der Waals surface area (Å²) in [6, 6.07) is 8.59. The van der Waals surface area contributed by atoms with Crippen LogP contribution in [0, 0.1) is 0 Å². The molecule has 6 N–H and O–H groups in total. The Morgan fingerprint density at radius 1 is 1.13 bits per heavy atom. The average Bonchev–Trinajstić information content (AvgIpc) is 2.76. The quantitative estimate of drug-likeness (QED) is 0.555. The average molecular weight is 431 g/mol. The molecule has 3 heterocycles. The van der Waals surface area contributed by atoms with Gasteiger partial charge in [0.2, 0.25) is 0 Å². The van der Waals surface area contributed by atoms with E-state index in [4.69, 9.17) is 32.8 Å². The summed E-state index contributed by atoms with van der Waals surface area (Å²) in [4.78, 5) is 9.22. The molecular weight excluding hydrogens is 400 g/mol. The van der Waals surface area contributed by atoms with Gasteiger partial charge in [-0.15, -0.1) is 0 Å². The van der Waals surface area contributed by atoms with E-state index in [0.717, 1.165) is 61.4 Å². The smallest absolute Gasteiger partial charge is 0.126 e. The number of anilines is 2. The highest BCUT2D eigenvalue weighted by atomic mass is 35.5. The standard InChI is InChI=1S/C22H31ClN6O/c23-18-13-26-21(28-16-6-4-15(24)5-7-16)12-17(18)19-2-1-3-20(29-19)27-14-22(25)8-10-30-11-9-22/h1-3,12-13,15-16H,4-11,14,24-25H2,(H,26,28)(H,27,29)/t15-,16-. The molecule has 2 aromatic rings. The van der Waals surface area contributed by atoms with Gasteiger partial charge in [0.05, 0.1) is 10.7 Å². The van der Waals surface area contributed by atoms with Crippen LogP contribution in [-0.2, 0) is 4.74 Å². The summed E-state index contributed by atoms with van der Waals surface area (Å²) in [5, 5.41) is 7.50. The number of nitrogens with two attached hydrogens (primary N) is 2. The molecule has 4 rings (SSSR count). The first-order valence-electron chi connectivity index (χ1n) is 10.8. The molecule has 0 unspecified atom stereocenters. The Hall–Kier alpha value is -1.93. The Labute approximate surface area is 182 Å². The summed E-state index contributed by atoms with van der Waals surface area (Å²) in [6.45, 7) is 2.08. The van der Waals surface area contributed by atoms with Crippen molar-refractivity contribution in [3.63, 3.8) is 0 Å². The van der Waals surface area contributed by atoms with Crippen molar-refractivity contribution in [2.45, 2.75) is 56.1 Å². The number of nitrogens with zero attached hydrogens (tertiary/aromatic N) is 2. The molecule has 8 heteroatoms. The van der Waals surface area contributed by atoms with E-state index in [1.54, 1.807) is 6.20 Å². The highest BCUT2D eigenvalue weighted by molar-refractivity contribution is 6.33. The van der Waals surface area contributed by atoms with Crippen molar-refractivity contribution in [1.82, 2.24) is 9.97 Å². The Kier molecular flexibility index (Phi) is 6.73. The molecule has 0 atom stereocenters. The van der Waals surface area contributed by atoms with Gasteiger partial charge in [-0.3, -0.25) is 0 Å². The van der Waals surface area contributed by atoms with Gasteiger partial charge in [-0.05, 0) is 56.7 Å². The fraction of sp³-hybridized carbons (Fsp3) is 0.545. The first-order chi connectivity index (χ1) is 14.5. The molecule has 2 fully saturated rings. The largest absolute Gasteiger partial charge is 0.381 e. The van der Waals surface area contributed by atoms with Crippen molar-refractivity contribution in [2.75, 3.05) is 30.4 Å². The molecule has 0 spiro atoms. The van der Waals surface area contributed by atoms with Crippen LogP contribution in [0.25, 0.3) is 11.3 Å². The van der Waals surface area contributed by atoms with E-state index in [1.165, 1.54) is 0 Å². The zero-order valence-corrected chi connectivity index (χ0v) is 18.0. The minimum absolute atomic E-state index is 0.260. The molecule has 1 aliphatic carbocycles. The van der Waals surface area contributed by atoms with Gasteiger partial charge in [0.1, 0.15) is 11.6 Å². The molecule has 30 heavy (non-hydrogen) atoms. The highest BCUT2D eigenvalue weighted by Gasteiger charge is 2.27. The fourth-order valence-corrected chi connectivity index (χ4v) is 4.29. The van der Waals surface area contributed by atoms with Crippen LogP contribution in [0.5, 0.6) is 0 Å². The number of hydrogen-bond donors (Lipinski definition) is 4. The summed E-state index contributed by atoms with van der Waals surface area (Å²) >= 11 is 6.46. The van der Waals surface area contributed by atoms with Crippen LogP contribution in [0.1, 0.15) is 38.5 Å². The van der Waals surface area contributed by atoms with Crippen LogP contribution < -0.4 is 22.1 Å². The van der Waals surface area contributed by atoms with Crippen LogP contribution >= 0.6 is 11.6 Å². The van der Waals surface area contributed by atoms with Gasteiger partial charge in [0.25, 0.3) is 0 Å². The van der Waals surface area contributed by atoms with Gasteiger partial charge in [0.15, 0.2) is 0 Å². The zero-order chi connectivity index (χ0) is 21.0. The van der Waals surface area contributed by atoms with E-state index >= 15 is 0 Å². The molecule has 0 bridgehead atoms. The third-order valence-corrected chi connectivity index (χ3v) is 6.42. The van der Waals surface area contributed by atoms with E-state index in [-0.39, 0.29) is 5.54 Å². The molecule has 162 valence electrons. The molecule has 1 saturated carbocycles. The lowest BCUT2D eigenvalue weighted by atomic mass is 9.91. The van der Waals surface area contributed by atoms with Crippen molar-refractivity contribution in [3.05, 3.63) is 35.5 Å². The molecule has 1 aliphatic heterocycles. The van der Waals surface area contributed by atoms with E-state index in [2.05, 4.69) is 15.6 Å². The van der Waals surface area contributed by atoms with Crippen molar-refractivity contribution in [1.29, 1.82) is 0 Å². The molecule has 1 saturated heterocycles. The SMILES string of the molecule is NC1(CNc2cccc(-c3cc(N[C@H]4CC[C@H](N)CC4)ncc3Cl)n2)CCOCC1. The first kappa shape index (κ1) is 21.3. The van der Waals surface area contributed by atoms with Gasteiger partial charge in [-0.2, -0.15) is 0 Å². The van der Waals surface area contributed by atoms with Crippen LogP contribution in [0.2, 0.25) is 5.02 Å². The molecule has 2 aliphatic rings. The number of aromatic nitrogens is 2. The molecule has 7 nitrogen and oxygen atoms in total. The number of rotatable bonds is 6. The highest BCUT2D eigenvalue weighted by Crippen LogP contribution is 2.30. The fourth-order valence-electron chi connectivity index (χ4n) is 4.09. The van der Waals surface area contributed by atoms with Crippen LogP contribution in [0.3, 0.4) is 0 Å². The number of pyridine rings is 2. The lowest BCUT2D eigenvalue weighted by molar-refractivity contribution is 0.0574. The molecule has 0 radical (unpaired) electrons. The molecular formula is C22H31ClN6O. The maximum absolute atomic E-state index is 6.48. The van der Waals surface area contributed by atoms with E-state index in [1.807, 2.05) is 24.3 Å². The molecule has 2 aromatic heterocycles. The minimum Gasteiger partial charge on any atom is -0.381 e. The summed E-state index contributed by atoms with van der Waals surface area (Å²) in [6.07, 6.45) is 7.58. The van der Waals surface area contributed by atoms with Crippen molar-refractivity contribution in [2.24, 2.45) is 11.5 Å². The van der Waals surface area contributed by atoms with Gasteiger partial charge in [-0.1, -0.05) is 17.7 Å². The van der Waals surface area contributed by atoms with Gasteiger partial charge >= 0.3 is 0 Å². The molecule has 0 aromatic carbocycles. The normalized spacial score (nSPS) is 23.7. The molecule has 0 amide bonds. The van der Waals surface area contributed by atoms with Gasteiger partial charge < -0.3 is 26.8 Å². The number of nitrogens with one attached hydrogen (secondary N) is 2. The first-order valence-corrected chi connectivity index (χ1v) is 11.1. The lowest BCUT2D eigenvalue weighted by Crippen LogP contribution is -2.50. The Bertz CT molecular complexity index is 849. The van der Waals surface area contributed by atoms with E-state index in [9.17, 15) is 0 Å².